The molecule has 4 atom stereocenters. The number of aliphatic hydroxyl groups is 2. The maximum absolute atomic E-state index is 12.1. The van der Waals surface area contributed by atoms with Crippen LogP contribution < -0.4 is 11.2 Å². The first-order valence-corrected chi connectivity index (χ1v) is 9.19. The number of hydrogen-bond acceptors (Lipinski definition) is 8. The van der Waals surface area contributed by atoms with Crippen molar-refractivity contribution in [3.05, 3.63) is 51.4 Å². The first-order chi connectivity index (χ1) is 12.7. The van der Waals surface area contributed by atoms with Crippen molar-refractivity contribution in [3.63, 3.8) is 0 Å². The van der Waals surface area contributed by atoms with E-state index in [0.717, 1.165) is 10.8 Å². The number of rotatable bonds is 5. The summed E-state index contributed by atoms with van der Waals surface area (Å²) in [5.74, 6) is 0. The predicted octanol–water partition coefficient (Wildman–Crippen LogP) is -1.67. The summed E-state index contributed by atoms with van der Waals surface area (Å²) in [5, 5.41) is 20.2. The van der Waals surface area contributed by atoms with Crippen LogP contribution >= 0.6 is 7.82 Å². The van der Waals surface area contributed by atoms with Crippen LogP contribution in [0.25, 0.3) is 11.3 Å². The van der Waals surface area contributed by atoms with Crippen molar-refractivity contribution in [3.8, 4) is 11.3 Å². The van der Waals surface area contributed by atoms with Crippen LogP contribution in [0, 0.1) is 0 Å². The normalized spacial score (nSPS) is 25.6. The lowest BCUT2D eigenvalue weighted by molar-refractivity contribution is -0.0542. The standard InChI is InChI=1S/C14H16N3O9P/c18-10-9(6-25-27(22,23)24)26-13(11(10)19)17-5-7(12(20)16-14(17)21)8-3-1-2-4-15-8/h1-5,9-11,13,18-19H,6H2,(H,16,20,21)(H2,22,23,24)/t9-,10+,11-,13-/m1/s1. The molecule has 0 aromatic carbocycles. The fraction of sp³-hybridized carbons (Fsp3) is 0.357. The lowest BCUT2D eigenvalue weighted by Crippen LogP contribution is -2.38. The highest BCUT2D eigenvalue weighted by Gasteiger charge is 2.45. The zero-order valence-electron chi connectivity index (χ0n) is 13.6. The molecule has 27 heavy (non-hydrogen) atoms. The molecule has 1 aliphatic rings. The van der Waals surface area contributed by atoms with Gasteiger partial charge in [0.1, 0.15) is 18.3 Å². The van der Waals surface area contributed by atoms with Crippen molar-refractivity contribution in [1.82, 2.24) is 14.5 Å². The second-order valence-corrected chi connectivity index (χ2v) is 7.00. The first kappa shape index (κ1) is 19.6. The van der Waals surface area contributed by atoms with Gasteiger partial charge < -0.3 is 24.7 Å². The van der Waals surface area contributed by atoms with Crippen LogP contribution in [-0.2, 0) is 13.8 Å². The van der Waals surface area contributed by atoms with Gasteiger partial charge in [-0.25, -0.2) is 9.36 Å². The van der Waals surface area contributed by atoms with Gasteiger partial charge in [-0.1, -0.05) is 6.07 Å². The van der Waals surface area contributed by atoms with E-state index in [1.54, 1.807) is 12.1 Å². The molecule has 146 valence electrons. The summed E-state index contributed by atoms with van der Waals surface area (Å²) in [5.41, 5.74) is -1.32. The van der Waals surface area contributed by atoms with E-state index in [0.29, 0.717) is 0 Å². The van der Waals surface area contributed by atoms with Gasteiger partial charge in [0.25, 0.3) is 5.56 Å². The number of H-pyrrole nitrogens is 1. The molecule has 3 heterocycles. The van der Waals surface area contributed by atoms with Crippen molar-refractivity contribution in [2.24, 2.45) is 0 Å². The quantitative estimate of drug-likeness (QED) is 0.363. The lowest BCUT2D eigenvalue weighted by atomic mass is 10.1. The second kappa shape index (κ2) is 7.44. The molecular formula is C14H16N3O9P. The summed E-state index contributed by atoms with van der Waals surface area (Å²) in [6, 6.07) is 4.81. The summed E-state index contributed by atoms with van der Waals surface area (Å²) in [6.07, 6.45) is -3.36. The Morgan fingerprint density at radius 1 is 1.26 bits per heavy atom. The fourth-order valence-corrected chi connectivity index (χ4v) is 2.99. The summed E-state index contributed by atoms with van der Waals surface area (Å²) >= 11 is 0. The van der Waals surface area contributed by atoms with E-state index in [4.69, 9.17) is 14.5 Å². The van der Waals surface area contributed by atoms with Crippen LogP contribution in [0.3, 0.4) is 0 Å². The number of nitrogens with one attached hydrogen (secondary N) is 1. The van der Waals surface area contributed by atoms with Crippen LogP contribution in [0.15, 0.2) is 40.2 Å². The van der Waals surface area contributed by atoms with Crippen LogP contribution in [-0.4, -0.2) is 59.5 Å². The van der Waals surface area contributed by atoms with Crippen molar-refractivity contribution in [2.75, 3.05) is 6.61 Å². The molecule has 0 spiro atoms. The Balaban J connectivity index is 1.93. The molecule has 3 rings (SSSR count). The van der Waals surface area contributed by atoms with Crippen LogP contribution in [0.2, 0.25) is 0 Å². The predicted molar refractivity (Wildman–Crippen MR) is 88.5 cm³/mol. The highest BCUT2D eigenvalue weighted by atomic mass is 31.2. The Hall–Kier alpha value is -2.18. The van der Waals surface area contributed by atoms with Gasteiger partial charge in [0, 0.05) is 12.4 Å². The number of phosphoric acid groups is 1. The first-order valence-electron chi connectivity index (χ1n) is 7.66. The monoisotopic (exact) mass is 401 g/mol. The second-order valence-electron chi connectivity index (χ2n) is 5.76. The van der Waals surface area contributed by atoms with Gasteiger partial charge in [0.15, 0.2) is 6.23 Å². The largest absolute Gasteiger partial charge is 0.469 e. The van der Waals surface area contributed by atoms with Crippen LogP contribution in [0.1, 0.15) is 6.23 Å². The van der Waals surface area contributed by atoms with Gasteiger partial charge in [0.05, 0.1) is 17.9 Å². The van der Waals surface area contributed by atoms with Gasteiger partial charge in [-0.05, 0) is 12.1 Å². The summed E-state index contributed by atoms with van der Waals surface area (Å²) in [7, 11) is -4.82. The van der Waals surface area contributed by atoms with Crippen LogP contribution in [0.4, 0.5) is 0 Å². The average Bonchev–Trinajstić information content (AvgIpc) is 2.88. The van der Waals surface area contributed by atoms with E-state index in [-0.39, 0.29) is 11.3 Å². The molecule has 1 saturated heterocycles. The van der Waals surface area contributed by atoms with Gasteiger partial charge in [-0.15, -0.1) is 0 Å². The number of aliphatic hydroxyl groups excluding tert-OH is 2. The van der Waals surface area contributed by atoms with Crippen molar-refractivity contribution < 1.29 is 33.8 Å². The van der Waals surface area contributed by atoms with Gasteiger partial charge in [-0.3, -0.25) is 23.9 Å². The number of aromatic amines is 1. The third-order valence-corrected chi connectivity index (χ3v) is 4.41. The Bertz CT molecular complexity index is 970. The number of phosphoric ester groups is 1. The van der Waals surface area contributed by atoms with Crippen molar-refractivity contribution in [1.29, 1.82) is 0 Å². The third-order valence-electron chi connectivity index (χ3n) is 3.93. The average molecular weight is 401 g/mol. The highest BCUT2D eigenvalue weighted by Crippen LogP contribution is 2.38. The molecule has 12 nitrogen and oxygen atoms in total. The fourth-order valence-electron chi connectivity index (χ4n) is 2.65. The Morgan fingerprint density at radius 2 is 2.00 bits per heavy atom. The topological polar surface area (TPSA) is 184 Å². The molecule has 0 aliphatic carbocycles. The Kier molecular flexibility index (Phi) is 5.40. The number of aromatic nitrogens is 3. The minimum absolute atomic E-state index is 0.0235. The number of pyridine rings is 1. The molecule has 2 aromatic heterocycles. The molecule has 0 bridgehead atoms. The Labute approximate surface area is 150 Å². The van der Waals surface area contributed by atoms with E-state index in [1.165, 1.54) is 12.3 Å². The molecule has 1 fully saturated rings. The summed E-state index contributed by atoms with van der Waals surface area (Å²) in [6.45, 7) is -0.718. The van der Waals surface area contributed by atoms with E-state index >= 15 is 0 Å². The summed E-state index contributed by atoms with van der Waals surface area (Å²) < 4.78 is 21.3. The van der Waals surface area contributed by atoms with Crippen LogP contribution in [0.5, 0.6) is 0 Å². The van der Waals surface area contributed by atoms with Crippen molar-refractivity contribution >= 4 is 7.82 Å². The van der Waals surface area contributed by atoms with Gasteiger partial charge in [0.2, 0.25) is 0 Å². The minimum atomic E-state index is -4.82. The molecule has 0 saturated carbocycles. The van der Waals surface area contributed by atoms with E-state index in [1.807, 2.05) is 0 Å². The zero-order chi connectivity index (χ0) is 19.8. The minimum Gasteiger partial charge on any atom is -0.387 e. The molecule has 1 aliphatic heterocycles. The molecule has 13 heteroatoms. The third kappa shape index (κ3) is 4.22. The number of ether oxygens (including phenoxy) is 1. The molecule has 2 aromatic rings. The van der Waals surface area contributed by atoms with Gasteiger partial charge in [-0.2, -0.15) is 0 Å². The van der Waals surface area contributed by atoms with E-state index < -0.39 is 50.2 Å². The molecular weight excluding hydrogens is 385 g/mol. The van der Waals surface area contributed by atoms with Crippen molar-refractivity contribution in [2.45, 2.75) is 24.5 Å². The maximum Gasteiger partial charge on any atom is 0.469 e. The molecule has 0 unspecified atom stereocenters. The van der Waals surface area contributed by atoms with E-state index in [2.05, 4.69) is 14.5 Å². The number of hydrogen-bond donors (Lipinski definition) is 5. The molecule has 0 radical (unpaired) electrons. The lowest BCUT2D eigenvalue weighted by Gasteiger charge is -2.18. The maximum atomic E-state index is 12.1. The molecule has 0 amide bonds. The SMILES string of the molecule is O=c1[nH]c(=O)n([C@@H]2O[C@H](COP(=O)(O)O)[C@H](O)[C@H]2O)cc1-c1ccccn1. The highest BCUT2D eigenvalue weighted by molar-refractivity contribution is 7.46. The summed E-state index contributed by atoms with van der Waals surface area (Å²) in [4.78, 5) is 47.8. The van der Waals surface area contributed by atoms with Gasteiger partial charge >= 0.3 is 13.5 Å². The molecule has 5 N–H and O–H groups in total. The Morgan fingerprint density at radius 3 is 2.63 bits per heavy atom. The zero-order valence-corrected chi connectivity index (χ0v) is 14.5. The number of nitrogens with zero attached hydrogens (tertiary/aromatic N) is 2. The smallest absolute Gasteiger partial charge is 0.387 e. The van der Waals surface area contributed by atoms with E-state index in [9.17, 15) is 24.4 Å².